The number of ether oxygens (including phenoxy) is 1. The maximum absolute atomic E-state index is 12.2. The molecule has 0 aromatic heterocycles. The lowest BCUT2D eigenvalue weighted by Gasteiger charge is -2.07. The van der Waals surface area contributed by atoms with Gasteiger partial charge in [-0.25, -0.2) is 4.79 Å². The molecule has 3 rings (SSSR count). The van der Waals surface area contributed by atoms with E-state index in [2.05, 4.69) is 0 Å². The molecule has 3 aromatic rings. The van der Waals surface area contributed by atoms with Gasteiger partial charge in [0.15, 0.2) is 0 Å². The van der Waals surface area contributed by atoms with Crippen LogP contribution >= 0.6 is 0 Å². The highest BCUT2D eigenvalue weighted by Gasteiger charge is 2.11. The molecule has 0 unspecified atom stereocenters. The van der Waals surface area contributed by atoms with Crippen molar-refractivity contribution in [3.63, 3.8) is 0 Å². The highest BCUT2D eigenvalue weighted by molar-refractivity contribution is 5.97. The number of non-ortho nitro benzene ring substituents is 1. The van der Waals surface area contributed by atoms with Crippen molar-refractivity contribution in [2.75, 3.05) is 5.73 Å². The first-order valence-corrected chi connectivity index (χ1v) is 7.87. The predicted molar refractivity (Wildman–Crippen MR) is 101 cm³/mol. The molecule has 0 heterocycles. The van der Waals surface area contributed by atoms with Gasteiger partial charge in [-0.1, -0.05) is 24.3 Å². The summed E-state index contributed by atoms with van der Waals surface area (Å²) in [6.45, 7) is 1.63. The number of hydrogen-bond acceptors (Lipinski definition) is 5. The molecule has 130 valence electrons. The number of rotatable bonds is 4. The SMILES string of the molecule is C/C(=C\c1cc2ccccc2cc1N)C(=O)Oc1ccc([N+](=O)[O-])cc1. The van der Waals surface area contributed by atoms with E-state index in [4.69, 9.17) is 10.5 Å². The minimum atomic E-state index is -0.550. The smallest absolute Gasteiger partial charge is 0.339 e. The van der Waals surface area contributed by atoms with Crippen LogP contribution in [0.3, 0.4) is 0 Å². The summed E-state index contributed by atoms with van der Waals surface area (Å²) in [5.74, 6) is -0.314. The van der Waals surface area contributed by atoms with Gasteiger partial charge in [-0.15, -0.1) is 0 Å². The van der Waals surface area contributed by atoms with Gasteiger partial charge in [0.05, 0.1) is 4.92 Å². The lowest BCUT2D eigenvalue weighted by molar-refractivity contribution is -0.384. The zero-order valence-corrected chi connectivity index (χ0v) is 14.0. The molecule has 2 N–H and O–H groups in total. The second-order valence-corrected chi connectivity index (χ2v) is 5.80. The summed E-state index contributed by atoms with van der Waals surface area (Å²) in [6, 6.07) is 16.9. The van der Waals surface area contributed by atoms with E-state index in [1.165, 1.54) is 24.3 Å². The van der Waals surface area contributed by atoms with Gasteiger partial charge in [0.1, 0.15) is 5.75 Å². The summed E-state index contributed by atoms with van der Waals surface area (Å²) >= 11 is 0. The Balaban J connectivity index is 1.81. The Morgan fingerprint density at radius 3 is 2.31 bits per heavy atom. The zero-order valence-electron chi connectivity index (χ0n) is 14.0. The number of benzene rings is 3. The summed E-state index contributed by atoms with van der Waals surface area (Å²) in [7, 11) is 0. The average Bonchev–Trinajstić information content (AvgIpc) is 2.62. The summed E-state index contributed by atoms with van der Waals surface area (Å²) in [5, 5.41) is 12.7. The third kappa shape index (κ3) is 3.70. The number of carbonyl (C=O) groups excluding carboxylic acids is 1. The molecular weight excluding hydrogens is 332 g/mol. The van der Waals surface area contributed by atoms with Crippen LogP contribution in [0.1, 0.15) is 12.5 Å². The van der Waals surface area contributed by atoms with Crippen molar-refractivity contribution < 1.29 is 14.5 Å². The number of fused-ring (bicyclic) bond motifs is 1. The van der Waals surface area contributed by atoms with Gasteiger partial charge in [0.25, 0.3) is 5.69 Å². The number of nitrogen functional groups attached to an aromatic ring is 1. The van der Waals surface area contributed by atoms with Crippen molar-refractivity contribution in [3.05, 3.63) is 81.9 Å². The second kappa shape index (κ2) is 7.06. The highest BCUT2D eigenvalue weighted by Crippen LogP contribution is 2.24. The number of esters is 1. The monoisotopic (exact) mass is 348 g/mol. The van der Waals surface area contributed by atoms with Crippen molar-refractivity contribution in [1.29, 1.82) is 0 Å². The molecule has 3 aromatic carbocycles. The molecule has 0 atom stereocenters. The quantitative estimate of drug-likeness (QED) is 0.189. The van der Waals surface area contributed by atoms with Crippen molar-refractivity contribution in [2.24, 2.45) is 0 Å². The van der Waals surface area contributed by atoms with E-state index in [0.717, 1.165) is 16.3 Å². The Morgan fingerprint density at radius 2 is 1.69 bits per heavy atom. The first-order valence-electron chi connectivity index (χ1n) is 7.87. The molecule has 0 aliphatic heterocycles. The van der Waals surface area contributed by atoms with Crippen molar-refractivity contribution in [3.8, 4) is 5.75 Å². The van der Waals surface area contributed by atoms with E-state index in [0.29, 0.717) is 11.3 Å². The Kier molecular flexibility index (Phi) is 4.66. The van der Waals surface area contributed by atoms with E-state index >= 15 is 0 Å². The standard InChI is InChI=1S/C20H16N2O4/c1-13(20(23)26-18-8-6-17(7-9-18)22(24)25)10-16-11-14-4-2-3-5-15(14)12-19(16)21/h2-12H,21H2,1H3/b13-10+. The molecule has 0 amide bonds. The van der Waals surface area contributed by atoms with E-state index in [-0.39, 0.29) is 11.4 Å². The molecular formula is C20H16N2O4. The Hall–Kier alpha value is -3.67. The Morgan fingerprint density at radius 1 is 1.08 bits per heavy atom. The molecule has 0 spiro atoms. The van der Waals surface area contributed by atoms with Gasteiger partial charge < -0.3 is 10.5 Å². The van der Waals surface area contributed by atoms with Crippen LogP contribution < -0.4 is 10.5 Å². The number of nitro groups is 1. The molecule has 0 bridgehead atoms. The number of nitrogens with zero attached hydrogens (tertiary/aromatic N) is 1. The van der Waals surface area contributed by atoms with Crippen LogP contribution in [0, 0.1) is 10.1 Å². The first-order chi connectivity index (χ1) is 12.4. The summed E-state index contributed by atoms with van der Waals surface area (Å²) in [5.41, 5.74) is 7.65. The fourth-order valence-corrected chi connectivity index (χ4v) is 2.52. The van der Waals surface area contributed by atoms with Crippen LogP contribution in [0.15, 0.2) is 66.2 Å². The molecule has 0 saturated carbocycles. The summed E-state index contributed by atoms with van der Waals surface area (Å²) < 4.78 is 5.24. The van der Waals surface area contributed by atoms with E-state index in [9.17, 15) is 14.9 Å². The molecule has 0 aliphatic rings. The van der Waals surface area contributed by atoms with Crippen LogP contribution in [-0.2, 0) is 4.79 Å². The maximum Gasteiger partial charge on any atom is 0.339 e. The van der Waals surface area contributed by atoms with E-state index in [1.54, 1.807) is 13.0 Å². The minimum absolute atomic E-state index is 0.0685. The Labute approximate surface area is 149 Å². The number of nitrogens with two attached hydrogens (primary N) is 1. The highest BCUT2D eigenvalue weighted by atomic mass is 16.6. The predicted octanol–water partition coefficient (Wildman–Crippen LogP) is 4.34. The molecule has 0 aliphatic carbocycles. The number of anilines is 1. The fraction of sp³-hybridized carbons (Fsp3) is 0.0500. The molecule has 6 heteroatoms. The van der Waals surface area contributed by atoms with Crippen LogP contribution in [-0.4, -0.2) is 10.9 Å². The first kappa shape index (κ1) is 17.2. The van der Waals surface area contributed by atoms with Gasteiger partial charge in [0.2, 0.25) is 0 Å². The normalized spacial score (nSPS) is 11.3. The van der Waals surface area contributed by atoms with Crippen molar-refractivity contribution in [2.45, 2.75) is 6.92 Å². The second-order valence-electron chi connectivity index (χ2n) is 5.80. The third-order valence-electron chi connectivity index (χ3n) is 3.90. The Bertz CT molecular complexity index is 1020. The summed E-state index contributed by atoms with van der Waals surface area (Å²) in [4.78, 5) is 22.4. The van der Waals surface area contributed by atoms with Crippen LogP contribution in [0.4, 0.5) is 11.4 Å². The van der Waals surface area contributed by atoms with Crippen LogP contribution in [0.2, 0.25) is 0 Å². The average molecular weight is 348 g/mol. The number of carbonyl (C=O) groups is 1. The van der Waals surface area contributed by atoms with Gasteiger partial charge in [-0.05, 0) is 53.6 Å². The number of hydrogen-bond donors (Lipinski definition) is 1. The number of nitro benzene ring substituents is 1. The van der Waals surface area contributed by atoms with E-state index < -0.39 is 10.9 Å². The fourth-order valence-electron chi connectivity index (χ4n) is 2.52. The molecule has 6 nitrogen and oxygen atoms in total. The maximum atomic E-state index is 12.2. The van der Waals surface area contributed by atoms with Gasteiger partial charge in [-0.3, -0.25) is 10.1 Å². The van der Waals surface area contributed by atoms with Crippen molar-refractivity contribution >= 4 is 34.2 Å². The molecule has 0 fully saturated rings. The lowest BCUT2D eigenvalue weighted by Crippen LogP contribution is -2.09. The minimum Gasteiger partial charge on any atom is -0.423 e. The molecule has 0 radical (unpaired) electrons. The van der Waals surface area contributed by atoms with Crippen LogP contribution in [0.5, 0.6) is 5.75 Å². The van der Waals surface area contributed by atoms with Crippen molar-refractivity contribution in [1.82, 2.24) is 0 Å². The zero-order chi connectivity index (χ0) is 18.7. The third-order valence-corrected chi connectivity index (χ3v) is 3.90. The van der Waals surface area contributed by atoms with Crippen LogP contribution in [0.25, 0.3) is 16.8 Å². The molecule has 0 saturated heterocycles. The van der Waals surface area contributed by atoms with Gasteiger partial charge in [-0.2, -0.15) is 0 Å². The molecule has 26 heavy (non-hydrogen) atoms. The topological polar surface area (TPSA) is 95.5 Å². The lowest BCUT2D eigenvalue weighted by atomic mass is 10.0. The van der Waals surface area contributed by atoms with E-state index in [1.807, 2.05) is 36.4 Å². The largest absolute Gasteiger partial charge is 0.423 e. The summed E-state index contributed by atoms with van der Waals surface area (Å²) in [6.07, 6.45) is 1.66. The van der Waals surface area contributed by atoms with Gasteiger partial charge >= 0.3 is 5.97 Å². The van der Waals surface area contributed by atoms with Gasteiger partial charge in [0, 0.05) is 23.4 Å².